The van der Waals surface area contributed by atoms with Gasteiger partial charge < -0.3 is 15.8 Å². The van der Waals surface area contributed by atoms with Crippen molar-refractivity contribution in [2.24, 2.45) is 10.7 Å². The number of carbonyl (C=O) groups excluding carboxylic acids is 2. The van der Waals surface area contributed by atoms with E-state index >= 15 is 0 Å². The van der Waals surface area contributed by atoms with E-state index in [1.807, 2.05) is 49.4 Å². The van der Waals surface area contributed by atoms with Gasteiger partial charge >= 0.3 is 6.09 Å². The predicted octanol–water partition coefficient (Wildman–Crippen LogP) is 3.11. The fourth-order valence-electron chi connectivity index (χ4n) is 2.80. The van der Waals surface area contributed by atoms with Crippen molar-refractivity contribution < 1.29 is 14.3 Å². The van der Waals surface area contributed by atoms with Crippen LogP contribution < -0.4 is 11.1 Å². The lowest BCUT2D eigenvalue weighted by Gasteiger charge is -2.06. The molecule has 1 heterocycles. The molecule has 3 N–H and O–H groups in total. The monoisotopic (exact) mass is 419 g/mol. The van der Waals surface area contributed by atoms with Gasteiger partial charge in [-0.1, -0.05) is 61.5 Å². The summed E-state index contributed by atoms with van der Waals surface area (Å²) in [6.07, 6.45) is 3.29. The molecule has 0 aliphatic heterocycles. The van der Waals surface area contributed by atoms with Crippen LogP contribution in [-0.2, 0) is 17.8 Å². The maximum Gasteiger partial charge on any atom is 0.435 e. The van der Waals surface area contributed by atoms with Crippen molar-refractivity contribution in [3.8, 4) is 0 Å². The molecule has 31 heavy (non-hydrogen) atoms. The molecule has 0 saturated carbocycles. The molecule has 1 aromatic heterocycles. The zero-order valence-corrected chi connectivity index (χ0v) is 17.3. The van der Waals surface area contributed by atoms with E-state index < -0.39 is 6.09 Å². The first kappa shape index (κ1) is 21.8. The third kappa shape index (κ3) is 6.53. The Labute approximate surface area is 180 Å². The molecule has 0 bridgehead atoms. The second-order valence-electron chi connectivity index (χ2n) is 6.90. The number of ether oxygens (including phenoxy) is 1. The Morgan fingerprint density at radius 1 is 1.06 bits per heavy atom. The summed E-state index contributed by atoms with van der Waals surface area (Å²) in [6.45, 7) is 3.15. The minimum atomic E-state index is -0.705. The molecule has 160 valence electrons. The standard InChI is InChI=1S/C23H25N5O3/c1-2-12-31-23(30)27-21(24)19-10-8-17(9-11-19)13-25-22(29)20-14-26-28(16-20)15-18-6-4-3-5-7-18/h3-11,14,16H,2,12-13,15H2,1H3,(H,25,29)(H2,24,27,30). The van der Waals surface area contributed by atoms with Crippen LogP contribution in [-0.4, -0.2) is 34.2 Å². The Hall–Kier alpha value is -3.94. The second kappa shape index (κ2) is 10.7. The van der Waals surface area contributed by atoms with Crippen LogP contribution in [0.25, 0.3) is 0 Å². The Morgan fingerprint density at radius 3 is 2.52 bits per heavy atom. The van der Waals surface area contributed by atoms with E-state index in [1.54, 1.807) is 29.2 Å². The van der Waals surface area contributed by atoms with Crippen molar-refractivity contribution in [3.05, 3.63) is 89.2 Å². The van der Waals surface area contributed by atoms with E-state index in [4.69, 9.17) is 10.5 Å². The first-order valence-electron chi connectivity index (χ1n) is 10.00. The van der Waals surface area contributed by atoms with E-state index in [0.29, 0.717) is 30.8 Å². The number of amides is 2. The van der Waals surface area contributed by atoms with Crippen molar-refractivity contribution in [3.63, 3.8) is 0 Å². The van der Waals surface area contributed by atoms with E-state index in [9.17, 15) is 9.59 Å². The topological polar surface area (TPSA) is 112 Å². The minimum absolute atomic E-state index is 0.0857. The quantitative estimate of drug-likeness (QED) is 0.430. The maximum atomic E-state index is 12.4. The summed E-state index contributed by atoms with van der Waals surface area (Å²) in [5, 5.41) is 7.12. The van der Waals surface area contributed by atoms with Gasteiger partial charge in [0, 0.05) is 18.3 Å². The van der Waals surface area contributed by atoms with Gasteiger partial charge in [0.05, 0.1) is 24.9 Å². The van der Waals surface area contributed by atoms with E-state index in [-0.39, 0.29) is 11.7 Å². The third-order valence-corrected chi connectivity index (χ3v) is 4.43. The van der Waals surface area contributed by atoms with Crippen LogP contribution >= 0.6 is 0 Å². The summed E-state index contributed by atoms with van der Waals surface area (Å²) in [6, 6.07) is 17.0. The molecular weight excluding hydrogens is 394 g/mol. The Balaban J connectivity index is 1.52. The molecule has 0 fully saturated rings. The molecule has 8 nitrogen and oxygen atoms in total. The zero-order valence-electron chi connectivity index (χ0n) is 17.3. The highest BCUT2D eigenvalue weighted by atomic mass is 16.5. The average Bonchev–Trinajstić information content (AvgIpc) is 3.25. The summed E-state index contributed by atoms with van der Waals surface area (Å²) in [5.41, 5.74) is 8.94. The number of nitrogens with one attached hydrogen (secondary N) is 1. The highest BCUT2D eigenvalue weighted by molar-refractivity contribution is 6.02. The lowest BCUT2D eigenvalue weighted by molar-refractivity contribution is 0.0950. The Bertz CT molecular complexity index is 1040. The zero-order chi connectivity index (χ0) is 22.1. The van der Waals surface area contributed by atoms with Crippen LogP contribution in [0, 0.1) is 0 Å². The molecule has 0 spiro atoms. The number of nitrogens with two attached hydrogens (primary N) is 1. The van der Waals surface area contributed by atoms with Gasteiger partial charge in [0.15, 0.2) is 0 Å². The van der Waals surface area contributed by atoms with Gasteiger partial charge in [0.2, 0.25) is 0 Å². The summed E-state index contributed by atoms with van der Waals surface area (Å²) in [7, 11) is 0. The SMILES string of the molecule is CCCOC(=O)N=C(N)c1ccc(CNC(=O)c2cnn(Cc3ccccc3)c2)cc1. The van der Waals surface area contributed by atoms with E-state index in [2.05, 4.69) is 15.4 Å². The number of benzene rings is 2. The van der Waals surface area contributed by atoms with Crippen LogP contribution in [0.15, 0.2) is 72.0 Å². The van der Waals surface area contributed by atoms with Crippen LogP contribution in [0.1, 0.15) is 40.4 Å². The molecule has 2 amide bonds. The normalized spacial score (nSPS) is 11.2. The maximum absolute atomic E-state index is 12.4. The average molecular weight is 419 g/mol. The number of amidine groups is 1. The van der Waals surface area contributed by atoms with E-state index in [0.717, 1.165) is 17.5 Å². The summed E-state index contributed by atoms with van der Waals surface area (Å²) >= 11 is 0. The van der Waals surface area contributed by atoms with Crippen molar-refractivity contribution >= 4 is 17.8 Å². The number of hydrogen-bond acceptors (Lipinski definition) is 4. The summed E-state index contributed by atoms with van der Waals surface area (Å²) < 4.78 is 6.62. The Morgan fingerprint density at radius 2 is 1.81 bits per heavy atom. The predicted molar refractivity (Wildman–Crippen MR) is 118 cm³/mol. The van der Waals surface area contributed by atoms with Crippen molar-refractivity contribution in [1.29, 1.82) is 0 Å². The number of carbonyl (C=O) groups is 2. The minimum Gasteiger partial charge on any atom is -0.448 e. The molecule has 3 rings (SSSR count). The molecule has 0 aliphatic rings. The fraction of sp³-hybridized carbons (Fsp3) is 0.217. The molecule has 0 aliphatic carbocycles. The fourth-order valence-corrected chi connectivity index (χ4v) is 2.80. The highest BCUT2D eigenvalue weighted by Gasteiger charge is 2.09. The first-order chi connectivity index (χ1) is 15.0. The largest absolute Gasteiger partial charge is 0.448 e. The van der Waals surface area contributed by atoms with Gasteiger partial charge in [-0.05, 0) is 17.5 Å². The molecule has 8 heteroatoms. The summed E-state index contributed by atoms with van der Waals surface area (Å²) in [5.74, 6) is -0.120. The van der Waals surface area contributed by atoms with Crippen LogP contribution in [0.4, 0.5) is 4.79 Å². The number of aromatic nitrogens is 2. The molecule has 0 radical (unpaired) electrons. The molecule has 0 atom stereocenters. The number of nitrogens with zero attached hydrogens (tertiary/aromatic N) is 3. The first-order valence-corrected chi connectivity index (χ1v) is 10.00. The van der Waals surface area contributed by atoms with Crippen LogP contribution in [0.2, 0.25) is 0 Å². The van der Waals surface area contributed by atoms with Crippen molar-refractivity contribution in [2.45, 2.75) is 26.4 Å². The molecule has 3 aromatic rings. The Kier molecular flexibility index (Phi) is 7.53. The lowest BCUT2D eigenvalue weighted by atomic mass is 10.1. The van der Waals surface area contributed by atoms with Crippen LogP contribution in [0.5, 0.6) is 0 Å². The molecule has 0 unspecified atom stereocenters. The summed E-state index contributed by atoms with van der Waals surface area (Å²) in [4.78, 5) is 27.7. The van der Waals surface area contributed by atoms with Crippen molar-refractivity contribution in [1.82, 2.24) is 15.1 Å². The van der Waals surface area contributed by atoms with Gasteiger partial charge in [0.25, 0.3) is 5.91 Å². The smallest absolute Gasteiger partial charge is 0.435 e. The van der Waals surface area contributed by atoms with Crippen LogP contribution in [0.3, 0.4) is 0 Å². The molecule has 0 saturated heterocycles. The second-order valence-corrected chi connectivity index (χ2v) is 6.90. The van der Waals surface area contributed by atoms with E-state index in [1.165, 1.54) is 0 Å². The number of hydrogen-bond donors (Lipinski definition) is 2. The van der Waals surface area contributed by atoms with Gasteiger partial charge in [-0.15, -0.1) is 0 Å². The van der Waals surface area contributed by atoms with Gasteiger partial charge in [-0.2, -0.15) is 10.1 Å². The number of aliphatic imine (C=N–C) groups is 1. The lowest BCUT2D eigenvalue weighted by Crippen LogP contribution is -2.22. The van der Waals surface area contributed by atoms with Gasteiger partial charge in [-0.3, -0.25) is 9.48 Å². The number of rotatable bonds is 8. The molecule has 2 aromatic carbocycles. The highest BCUT2D eigenvalue weighted by Crippen LogP contribution is 2.07. The van der Waals surface area contributed by atoms with Gasteiger partial charge in [0.1, 0.15) is 5.84 Å². The van der Waals surface area contributed by atoms with Gasteiger partial charge in [-0.25, -0.2) is 4.79 Å². The van der Waals surface area contributed by atoms with Crippen molar-refractivity contribution in [2.75, 3.05) is 6.61 Å². The third-order valence-electron chi connectivity index (χ3n) is 4.43. The molecular formula is C23H25N5O3.